The van der Waals surface area contributed by atoms with Gasteiger partial charge in [-0.05, 0) is 37.5 Å². The average molecular weight is 423 g/mol. The van der Waals surface area contributed by atoms with Crippen LogP contribution >= 0.6 is 0 Å². The van der Waals surface area contributed by atoms with Crippen LogP contribution in [0.2, 0.25) is 0 Å². The van der Waals surface area contributed by atoms with Gasteiger partial charge in [0, 0.05) is 6.20 Å². The van der Waals surface area contributed by atoms with E-state index in [4.69, 9.17) is 5.73 Å². The summed E-state index contributed by atoms with van der Waals surface area (Å²) in [6.07, 6.45) is 2.68. The van der Waals surface area contributed by atoms with Crippen LogP contribution in [0.15, 0.2) is 42.2 Å². The molecule has 31 heavy (non-hydrogen) atoms. The number of nitrogens with two attached hydrogens (primary N) is 1. The Hall–Kier alpha value is -3.82. The fourth-order valence-electron chi connectivity index (χ4n) is 3.98. The lowest BCUT2D eigenvalue weighted by atomic mass is 9.87. The molecule has 0 aliphatic carbocycles. The number of hydrogen-bond acceptors (Lipinski definition) is 6. The van der Waals surface area contributed by atoms with Gasteiger partial charge in [-0.25, -0.2) is 9.37 Å². The summed E-state index contributed by atoms with van der Waals surface area (Å²) in [5.74, 6) is 0.461. The minimum Gasteiger partial charge on any atom is -0.383 e. The topological polar surface area (TPSA) is 102 Å². The van der Waals surface area contributed by atoms with E-state index in [9.17, 15) is 13.6 Å². The quantitative estimate of drug-likeness (QED) is 0.671. The molecule has 2 aromatic heterocycles. The summed E-state index contributed by atoms with van der Waals surface area (Å²) < 4.78 is 29.9. The number of hydrogen-bond donors (Lipinski definition) is 2. The van der Waals surface area contributed by atoms with E-state index in [1.165, 1.54) is 16.8 Å². The minimum absolute atomic E-state index is 0.154. The Balaban J connectivity index is 1.60. The SMILES string of the molecule is CC1(C)C(=O)Nc2nc(N3C=C(Cc4ccccc4F)Cn4c3cnc4F)nc(N)c21. The van der Waals surface area contributed by atoms with Crippen LogP contribution in [-0.2, 0) is 23.2 Å². The maximum atomic E-state index is 14.4. The van der Waals surface area contributed by atoms with Crippen molar-refractivity contribution in [1.82, 2.24) is 19.5 Å². The van der Waals surface area contributed by atoms with Gasteiger partial charge in [-0.2, -0.15) is 14.4 Å². The minimum atomic E-state index is -0.862. The molecule has 2 aliphatic rings. The molecule has 158 valence electrons. The second-order valence-electron chi connectivity index (χ2n) is 8.11. The Bertz CT molecular complexity index is 1260. The average Bonchev–Trinajstić information content (AvgIpc) is 3.20. The van der Waals surface area contributed by atoms with Crippen LogP contribution in [0, 0.1) is 11.9 Å². The van der Waals surface area contributed by atoms with Crippen molar-refractivity contribution >= 4 is 29.3 Å². The molecule has 5 rings (SSSR count). The van der Waals surface area contributed by atoms with Crippen molar-refractivity contribution in [3.63, 3.8) is 0 Å². The van der Waals surface area contributed by atoms with E-state index in [-0.39, 0.29) is 36.5 Å². The van der Waals surface area contributed by atoms with E-state index >= 15 is 0 Å². The maximum Gasteiger partial charge on any atom is 0.291 e. The van der Waals surface area contributed by atoms with E-state index in [2.05, 4.69) is 20.3 Å². The molecule has 0 unspecified atom stereocenters. The number of nitrogens with one attached hydrogen (secondary N) is 1. The van der Waals surface area contributed by atoms with Crippen LogP contribution in [0.1, 0.15) is 25.0 Å². The normalized spacial score (nSPS) is 16.6. The van der Waals surface area contributed by atoms with Gasteiger partial charge in [0.15, 0.2) is 0 Å². The smallest absolute Gasteiger partial charge is 0.291 e. The zero-order valence-electron chi connectivity index (χ0n) is 16.9. The Morgan fingerprint density at radius 2 is 2.00 bits per heavy atom. The molecule has 0 saturated carbocycles. The zero-order valence-corrected chi connectivity index (χ0v) is 16.9. The van der Waals surface area contributed by atoms with Crippen molar-refractivity contribution in [1.29, 1.82) is 0 Å². The molecule has 4 heterocycles. The predicted octanol–water partition coefficient (Wildman–Crippen LogP) is 3.04. The number of aromatic nitrogens is 4. The molecule has 0 bridgehead atoms. The number of halogens is 2. The van der Waals surface area contributed by atoms with Gasteiger partial charge in [-0.1, -0.05) is 18.2 Å². The number of fused-ring (bicyclic) bond motifs is 2. The van der Waals surface area contributed by atoms with E-state index in [0.717, 1.165) is 5.57 Å². The number of imidazole rings is 1. The molecule has 1 aromatic carbocycles. The van der Waals surface area contributed by atoms with Crippen LogP contribution < -0.4 is 16.0 Å². The summed E-state index contributed by atoms with van der Waals surface area (Å²) in [4.78, 5) is 26.5. The number of allylic oxidation sites excluding steroid dienone is 1. The fraction of sp³-hybridized carbons (Fsp3) is 0.238. The number of rotatable bonds is 3. The Labute approximate surface area is 176 Å². The molecule has 8 nitrogen and oxygen atoms in total. The first kappa shape index (κ1) is 19.2. The van der Waals surface area contributed by atoms with Crippen molar-refractivity contribution in [3.8, 4) is 0 Å². The molecule has 0 radical (unpaired) electrons. The van der Waals surface area contributed by atoms with Crippen molar-refractivity contribution in [2.75, 3.05) is 16.0 Å². The number of benzene rings is 1. The third-order valence-corrected chi connectivity index (χ3v) is 5.65. The summed E-state index contributed by atoms with van der Waals surface area (Å²) >= 11 is 0. The highest BCUT2D eigenvalue weighted by Crippen LogP contribution is 2.41. The standard InChI is InChI=1S/C21H19F2N7O/c1-21(2)15-16(24)26-20(28-17(15)27-18(21)31)30-10-11(7-12-5-3-4-6-13(12)22)9-29-14(30)8-25-19(29)23/h3-6,8,10H,7,9H2,1-2H3,(H3,24,26,27,28,31). The maximum absolute atomic E-state index is 14.4. The fourth-order valence-corrected chi connectivity index (χ4v) is 3.98. The molecule has 0 saturated heterocycles. The molecule has 0 fully saturated rings. The molecule has 3 aromatic rings. The second kappa shape index (κ2) is 6.59. The van der Waals surface area contributed by atoms with Gasteiger partial charge >= 0.3 is 0 Å². The Kier molecular flexibility index (Phi) is 4.07. The lowest BCUT2D eigenvalue weighted by molar-refractivity contribution is -0.119. The molecular weight excluding hydrogens is 404 g/mol. The van der Waals surface area contributed by atoms with Crippen molar-refractivity contribution in [2.24, 2.45) is 0 Å². The van der Waals surface area contributed by atoms with Crippen LogP contribution in [0.25, 0.3) is 0 Å². The number of carbonyl (C=O) groups excluding carboxylic acids is 1. The highest BCUT2D eigenvalue weighted by atomic mass is 19.1. The van der Waals surface area contributed by atoms with E-state index in [1.807, 2.05) is 0 Å². The van der Waals surface area contributed by atoms with Crippen LogP contribution in [0.3, 0.4) is 0 Å². The Morgan fingerprint density at radius 3 is 2.77 bits per heavy atom. The third kappa shape index (κ3) is 2.94. The van der Waals surface area contributed by atoms with E-state index < -0.39 is 11.5 Å². The summed E-state index contributed by atoms with van der Waals surface area (Å²) in [6.45, 7) is 3.69. The van der Waals surface area contributed by atoms with Gasteiger partial charge in [0.25, 0.3) is 6.08 Å². The molecule has 3 N–H and O–H groups in total. The molecule has 2 aliphatic heterocycles. The van der Waals surface area contributed by atoms with Crippen molar-refractivity contribution < 1.29 is 13.6 Å². The zero-order chi connectivity index (χ0) is 21.9. The van der Waals surface area contributed by atoms with Crippen molar-refractivity contribution in [2.45, 2.75) is 32.2 Å². The largest absolute Gasteiger partial charge is 0.383 e. The van der Waals surface area contributed by atoms with Gasteiger partial charge < -0.3 is 11.1 Å². The van der Waals surface area contributed by atoms with Crippen LogP contribution in [0.4, 0.5) is 32.2 Å². The lowest BCUT2D eigenvalue weighted by Gasteiger charge is -2.27. The van der Waals surface area contributed by atoms with Crippen LogP contribution in [-0.4, -0.2) is 25.4 Å². The van der Waals surface area contributed by atoms with Gasteiger partial charge in [0.1, 0.15) is 23.3 Å². The number of nitrogen functional groups attached to an aromatic ring is 1. The summed E-state index contributed by atoms with van der Waals surface area (Å²) in [5.41, 5.74) is 7.05. The highest BCUT2D eigenvalue weighted by molar-refractivity contribution is 6.06. The third-order valence-electron chi connectivity index (χ3n) is 5.65. The van der Waals surface area contributed by atoms with Gasteiger partial charge in [-0.15, -0.1) is 0 Å². The molecular formula is C21H19F2N7O. The van der Waals surface area contributed by atoms with Gasteiger partial charge in [0.2, 0.25) is 11.9 Å². The second-order valence-corrected chi connectivity index (χ2v) is 8.11. The number of amides is 1. The molecule has 0 atom stereocenters. The Morgan fingerprint density at radius 1 is 1.23 bits per heavy atom. The van der Waals surface area contributed by atoms with Gasteiger partial charge in [0.05, 0.1) is 23.7 Å². The monoisotopic (exact) mass is 423 g/mol. The first-order valence-corrected chi connectivity index (χ1v) is 9.68. The number of anilines is 4. The first-order valence-electron chi connectivity index (χ1n) is 9.68. The molecule has 1 amide bonds. The summed E-state index contributed by atoms with van der Waals surface area (Å²) in [6, 6.07) is 6.43. The first-order chi connectivity index (χ1) is 14.8. The van der Waals surface area contributed by atoms with Gasteiger partial charge in [-0.3, -0.25) is 14.3 Å². The lowest BCUT2D eigenvalue weighted by Crippen LogP contribution is -2.28. The predicted molar refractivity (Wildman–Crippen MR) is 111 cm³/mol. The summed E-state index contributed by atoms with van der Waals surface area (Å²) in [7, 11) is 0. The van der Waals surface area contributed by atoms with Crippen molar-refractivity contribution in [3.05, 3.63) is 65.3 Å². The van der Waals surface area contributed by atoms with E-state index in [0.29, 0.717) is 22.8 Å². The van der Waals surface area contributed by atoms with Crippen LogP contribution in [0.5, 0.6) is 0 Å². The molecule has 10 heteroatoms. The highest BCUT2D eigenvalue weighted by Gasteiger charge is 2.42. The number of nitrogens with zero attached hydrogens (tertiary/aromatic N) is 5. The number of carbonyl (C=O) groups is 1. The molecule has 0 spiro atoms. The summed E-state index contributed by atoms with van der Waals surface area (Å²) in [5, 5.41) is 2.73. The van der Waals surface area contributed by atoms with E-state index in [1.54, 1.807) is 43.1 Å².